The number of aromatic nitrogens is 1. The molecule has 0 aliphatic rings. The molecule has 3 N–H and O–H groups in total. The molecule has 1 unspecified atom stereocenters. The fourth-order valence-corrected chi connectivity index (χ4v) is 1.36. The van der Waals surface area contributed by atoms with Gasteiger partial charge in [0.1, 0.15) is 0 Å². The van der Waals surface area contributed by atoms with Gasteiger partial charge < -0.3 is 11.1 Å². The van der Waals surface area contributed by atoms with Crippen LogP contribution in [0.15, 0.2) is 24.5 Å². The van der Waals surface area contributed by atoms with Crippen molar-refractivity contribution < 1.29 is 9.59 Å². The van der Waals surface area contributed by atoms with Crippen molar-refractivity contribution in [2.75, 3.05) is 0 Å². The minimum absolute atomic E-state index is 0.0675. The molecule has 86 valence electrons. The van der Waals surface area contributed by atoms with Crippen molar-refractivity contribution in [1.29, 1.82) is 0 Å². The Hall–Kier alpha value is -1.56. The largest absolute Gasteiger partial charge is 0.370 e. The average molecular weight is 239 g/mol. The van der Waals surface area contributed by atoms with Crippen LogP contribution in [0, 0.1) is 0 Å². The summed E-state index contributed by atoms with van der Waals surface area (Å²) in [4.78, 5) is 25.9. The lowest BCUT2D eigenvalue weighted by Gasteiger charge is -2.09. The van der Waals surface area contributed by atoms with Crippen LogP contribution in [0.25, 0.3) is 0 Å². The molecule has 0 saturated heterocycles. The molecule has 16 heavy (non-hydrogen) atoms. The van der Waals surface area contributed by atoms with E-state index in [1.165, 1.54) is 0 Å². The molecule has 0 aromatic carbocycles. The quantitative estimate of drug-likeness (QED) is 0.626. The van der Waals surface area contributed by atoms with Gasteiger partial charge >= 0.3 is 0 Å². The molecular weight excluding hydrogens is 226 g/mol. The lowest BCUT2D eigenvalue weighted by atomic mass is 10.2. The fourth-order valence-electron chi connectivity index (χ4n) is 1.09. The summed E-state index contributed by atoms with van der Waals surface area (Å²) in [6.45, 7) is 0.364. The van der Waals surface area contributed by atoms with E-state index in [2.05, 4.69) is 22.9 Å². The molecule has 1 aromatic heterocycles. The smallest absolute Gasteiger partial charge is 0.233 e. The van der Waals surface area contributed by atoms with Crippen molar-refractivity contribution in [3.05, 3.63) is 30.1 Å². The normalized spacial score (nSPS) is 11.8. The summed E-state index contributed by atoms with van der Waals surface area (Å²) >= 11 is 3.98. The molecule has 0 saturated carbocycles. The van der Waals surface area contributed by atoms with Gasteiger partial charge in [0.15, 0.2) is 0 Å². The molecule has 0 aliphatic carbocycles. The standard InChI is InChI=1S/C10H13N3O2S/c11-9(14)4-8(16)10(15)13-6-7-2-1-3-12-5-7/h1-3,5,8,16H,4,6H2,(H2,11,14)(H,13,15). The first-order chi connectivity index (χ1) is 7.59. The third-order valence-corrected chi connectivity index (χ3v) is 2.30. The minimum atomic E-state index is -0.700. The Labute approximate surface area is 98.8 Å². The van der Waals surface area contributed by atoms with Crippen LogP contribution in [0.1, 0.15) is 12.0 Å². The van der Waals surface area contributed by atoms with Crippen LogP contribution in [0.4, 0.5) is 0 Å². The SMILES string of the molecule is NC(=O)CC(S)C(=O)NCc1cccnc1. The number of nitrogens with zero attached hydrogens (tertiary/aromatic N) is 1. The van der Waals surface area contributed by atoms with Crippen LogP contribution in [0.2, 0.25) is 0 Å². The maximum Gasteiger partial charge on any atom is 0.233 e. The second-order valence-corrected chi connectivity index (χ2v) is 3.89. The lowest BCUT2D eigenvalue weighted by Crippen LogP contribution is -2.33. The summed E-state index contributed by atoms with van der Waals surface area (Å²) in [6, 6.07) is 3.62. The number of hydrogen-bond acceptors (Lipinski definition) is 4. The first kappa shape index (κ1) is 12.5. The van der Waals surface area contributed by atoms with Crippen molar-refractivity contribution >= 4 is 24.4 Å². The van der Waals surface area contributed by atoms with Crippen LogP contribution in [-0.4, -0.2) is 22.0 Å². The van der Waals surface area contributed by atoms with Crippen molar-refractivity contribution in [3.8, 4) is 0 Å². The summed E-state index contributed by atoms with van der Waals surface area (Å²) in [7, 11) is 0. The van der Waals surface area contributed by atoms with E-state index >= 15 is 0 Å². The van der Waals surface area contributed by atoms with E-state index in [-0.39, 0.29) is 12.3 Å². The summed E-state index contributed by atoms with van der Waals surface area (Å²) in [5.41, 5.74) is 5.85. The van der Waals surface area contributed by atoms with E-state index in [0.717, 1.165) is 5.56 Å². The highest BCUT2D eigenvalue weighted by Gasteiger charge is 2.15. The average Bonchev–Trinajstić information content (AvgIpc) is 2.26. The van der Waals surface area contributed by atoms with E-state index in [4.69, 9.17) is 5.73 Å². The van der Waals surface area contributed by atoms with Gasteiger partial charge in [-0.25, -0.2) is 0 Å². The third-order valence-electron chi connectivity index (χ3n) is 1.89. The molecule has 0 spiro atoms. The van der Waals surface area contributed by atoms with Gasteiger partial charge in [0.2, 0.25) is 11.8 Å². The number of pyridine rings is 1. The molecule has 1 heterocycles. The number of thiol groups is 1. The summed E-state index contributed by atoms with van der Waals surface area (Å²) in [6.07, 6.45) is 3.24. The monoisotopic (exact) mass is 239 g/mol. The Kier molecular flexibility index (Phi) is 4.78. The van der Waals surface area contributed by atoms with E-state index in [1.54, 1.807) is 18.5 Å². The minimum Gasteiger partial charge on any atom is -0.370 e. The van der Waals surface area contributed by atoms with E-state index in [0.29, 0.717) is 6.54 Å². The van der Waals surface area contributed by atoms with Crippen LogP contribution in [-0.2, 0) is 16.1 Å². The van der Waals surface area contributed by atoms with Gasteiger partial charge in [0, 0.05) is 25.4 Å². The fraction of sp³-hybridized carbons (Fsp3) is 0.300. The highest BCUT2D eigenvalue weighted by Crippen LogP contribution is 2.01. The molecule has 0 fully saturated rings. The van der Waals surface area contributed by atoms with Gasteiger partial charge in [-0.15, -0.1) is 0 Å². The van der Waals surface area contributed by atoms with Gasteiger partial charge in [-0.1, -0.05) is 6.07 Å². The van der Waals surface area contributed by atoms with Gasteiger partial charge in [-0.05, 0) is 11.6 Å². The van der Waals surface area contributed by atoms with E-state index < -0.39 is 11.2 Å². The number of primary amides is 1. The predicted molar refractivity (Wildman–Crippen MR) is 62.7 cm³/mol. The van der Waals surface area contributed by atoms with Crippen LogP contribution in [0.3, 0.4) is 0 Å². The number of nitrogens with one attached hydrogen (secondary N) is 1. The van der Waals surface area contributed by atoms with Crippen molar-refractivity contribution in [2.45, 2.75) is 18.2 Å². The summed E-state index contributed by atoms with van der Waals surface area (Å²) in [5, 5.41) is 1.94. The molecule has 6 heteroatoms. The van der Waals surface area contributed by atoms with Gasteiger partial charge in [0.25, 0.3) is 0 Å². The predicted octanol–water partition coefficient (Wildman–Crippen LogP) is -0.128. The molecule has 0 bridgehead atoms. The number of carbonyl (C=O) groups excluding carboxylic acids is 2. The second-order valence-electron chi connectivity index (χ2n) is 3.27. The first-order valence-corrected chi connectivity index (χ1v) is 5.24. The topological polar surface area (TPSA) is 85.1 Å². The van der Waals surface area contributed by atoms with Gasteiger partial charge in [-0.3, -0.25) is 14.6 Å². The molecule has 1 aromatic rings. The van der Waals surface area contributed by atoms with Gasteiger partial charge in [0.05, 0.1) is 5.25 Å². The molecular formula is C10H13N3O2S. The summed E-state index contributed by atoms with van der Waals surface area (Å²) < 4.78 is 0. The molecule has 1 rings (SSSR count). The molecule has 0 radical (unpaired) electrons. The zero-order chi connectivity index (χ0) is 12.0. The number of amides is 2. The summed E-state index contributed by atoms with van der Waals surface area (Å²) in [5.74, 6) is -0.859. The van der Waals surface area contributed by atoms with E-state index in [1.807, 2.05) is 6.07 Å². The molecule has 0 aliphatic heterocycles. The Balaban J connectivity index is 2.38. The highest BCUT2D eigenvalue weighted by atomic mass is 32.1. The molecule has 1 atom stereocenters. The number of carbonyl (C=O) groups is 2. The number of hydrogen-bond donors (Lipinski definition) is 3. The highest BCUT2D eigenvalue weighted by molar-refractivity contribution is 7.81. The Morgan fingerprint density at radius 3 is 2.88 bits per heavy atom. The second kappa shape index (κ2) is 6.12. The zero-order valence-electron chi connectivity index (χ0n) is 8.59. The molecule has 2 amide bonds. The zero-order valence-corrected chi connectivity index (χ0v) is 9.48. The van der Waals surface area contributed by atoms with E-state index in [9.17, 15) is 9.59 Å². The van der Waals surface area contributed by atoms with Crippen LogP contribution >= 0.6 is 12.6 Å². The van der Waals surface area contributed by atoms with Crippen LogP contribution in [0.5, 0.6) is 0 Å². The Morgan fingerprint density at radius 1 is 1.56 bits per heavy atom. The maximum atomic E-state index is 11.4. The van der Waals surface area contributed by atoms with Crippen molar-refractivity contribution in [3.63, 3.8) is 0 Å². The van der Waals surface area contributed by atoms with Crippen molar-refractivity contribution in [1.82, 2.24) is 10.3 Å². The Bertz CT molecular complexity index is 370. The van der Waals surface area contributed by atoms with Crippen molar-refractivity contribution in [2.24, 2.45) is 5.73 Å². The first-order valence-electron chi connectivity index (χ1n) is 4.72. The third kappa shape index (κ3) is 4.31. The lowest BCUT2D eigenvalue weighted by molar-refractivity contribution is -0.124. The van der Waals surface area contributed by atoms with Crippen LogP contribution < -0.4 is 11.1 Å². The number of rotatable bonds is 5. The van der Waals surface area contributed by atoms with Gasteiger partial charge in [-0.2, -0.15) is 12.6 Å². The Morgan fingerprint density at radius 2 is 2.31 bits per heavy atom. The maximum absolute atomic E-state index is 11.4. The molecule has 5 nitrogen and oxygen atoms in total. The number of nitrogens with two attached hydrogens (primary N) is 1.